The van der Waals surface area contributed by atoms with Gasteiger partial charge < -0.3 is 15.3 Å². The minimum absolute atomic E-state index is 0.194. The third kappa shape index (κ3) is 40.6. The van der Waals surface area contributed by atoms with E-state index in [1.165, 1.54) is 128 Å². The van der Waals surface area contributed by atoms with Gasteiger partial charge in [-0.1, -0.05) is 185 Å². The van der Waals surface area contributed by atoms with Crippen LogP contribution in [0.2, 0.25) is 0 Å². The number of carbonyl (C=O) groups is 3. The molecular formula is C55H100O6. The second-order valence-electron chi connectivity index (χ2n) is 18.2. The van der Waals surface area contributed by atoms with Gasteiger partial charge >= 0.3 is 0 Å². The number of ketones is 3. The Morgan fingerprint density at radius 1 is 0.361 bits per heavy atom. The normalized spacial score (nSPS) is 13.1. The van der Waals surface area contributed by atoms with Gasteiger partial charge in [-0.05, 0) is 103 Å². The summed E-state index contributed by atoms with van der Waals surface area (Å²) in [5.41, 5.74) is 0. The van der Waals surface area contributed by atoms with E-state index in [1.807, 2.05) is 0 Å². The van der Waals surface area contributed by atoms with Crippen molar-refractivity contribution < 1.29 is 29.7 Å². The molecule has 0 radical (unpaired) electrons. The van der Waals surface area contributed by atoms with Crippen LogP contribution in [0, 0.1) is 5.92 Å². The van der Waals surface area contributed by atoms with Crippen molar-refractivity contribution in [3.05, 3.63) is 36.5 Å². The molecular weight excluding hydrogens is 757 g/mol. The van der Waals surface area contributed by atoms with Crippen molar-refractivity contribution in [2.75, 3.05) is 6.61 Å². The summed E-state index contributed by atoms with van der Waals surface area (Å²) in [5.74, 6) is -0.417. The summed E-state index contributed by atoms with van der Waals surface area (Å²) in [6.45, 7) is 3.93. The Labute approximate surface area is 377 Å². The van der Waals surface area contributed by atoms with E-state index in [9.17, 15) is 24.6 Å². The quantitative estimate of drug-likeness (QED) is 0.0319. The molecule has 0 aliphatic rings. The maximum Gasteiger partial charge on any atom is 0.164 e. The molecule has 6 nitrogen and oxygen atoms in total. The zero-order valence-electron chi connectivity index (χ0n) is 40.3. The van der Waals surface area contributed by atoms with Gasteiger partial charge in [0.2, 0.25) is 0 Å². The first kappa shape index (κ1) is 59.1. The maximum absolute atomic E-state index is 13.4. The van der Waals surface area contributed by atoms with E-state index in [1.54, 1.807) is 0 Å². The van der Waals surface area contributed by atoms with Crippen molar-refractivity contribution in [2.24, 2.45) is 5.92 Å². The number of carbonyl (C=O) groups excluding carboxylic acids is 3. The van der Waals surface area contributed by atoms with Gasteiger partial charge in [0.05, 0.1) is 12.5 Å². The number of rotatable bonds is 49. The topological polar surface area (TPSA) is 112 Å². The molecule has 0 aliphatic carbocycles. The van der Waals surface area contributed by atoms with Crippen LogP contribution < -0.4 is 0 Å². The van der Waals surface area contributed by atoms with Crippen LogP contribution in [-0.2, 0) is 14.4 Å². The van der Waals surface area contributed by atoms with Crippen LogP contribution in [0.3, 0.4) is 0 Å². The maximum atomic E-state index is 13.4. The lowest BCUT2D eigenvalue weighted by atomic mass is 9.87. The van der Waals surface area contributed by atoms with Crippen LogP contribution in [0.4, 0.5) is 0 Å². The molecule has 0 amide bonds. The van der Waals surface area contributed by atoms with Crippen LogP contribution >= 0.6 is 0 Å². The van der Waals surface area contributed by atoms with Crippen molar-refractivity contribution in [3.8, 4) is 0 Å². The van der Waals surface area contributed by atoms with E-state index in [4.69, 9.17) is 5.11 Å². The predicted octanol–water partition coefficient (Wildman–Crippen LogP) is 15.3. The smallest absolute Gasteiger partial charge is 0.164 e. The molecule has 0 aliphatic heterocycles. The summed E-state index contributed by atoms with van der Waals surface area (Å²) < 4.78 is 0. The third-order valence-corrected chi connectivity index (χ3v) is 12.4. The van der Waals surface area contributed by atoms with Gasteiger partial charge in [0.1, 0.15) is 23.8 Å². The Morgan fingerprint density at radius 3 is 0.934 bits per heavy atom. The highest BCUT2D eigenvalue weighted by Gasteiger charge is 2.25. The highest BCUT2D eigenvalue weighted by molar-refractivity contribution is 6.02. The molecule has 0 spiro atoms. The van der Waals surface area contributed by atoms with E-state index in [-0.39, 0.29) is 18.0 Å². The molecule has 61 heavy (non-hydrogen) atoms. The summed E-state index contributed by atoms with van der Waals surface area (Å²) in [5, 5.41) is 27.9. The fraction of sp³-hybridized carbons (Fsp3) is 0.836. The number of Topliss-reactive ketones (excluding diaryl/α,β-unsaturated/α-hetero) is 3. The number of allylic oxidation sites excluding steroid dienone is 6. The largest absolute Gasteiger partial charge is 0.394 e. The van der Waals surface area contributed by atoms with Crippen LogP contribution in [-0.4, -0.2) is 51.5 Å². The summed E-state index contributed by atoms with van der Waals surface area (Å²) in [6.07, 6.45) is 55.4. The zero-order valence-corrected chi connectivity index (χ0v) is 40.3. The van der Waals surface area contributed by atoms with Gasteiger partial charge in [0.15, 0.2) is 5.78 Å². The first-order chi connectivity index (χ1) is 29.9. The third-order valence-electron chi connectivity index (χ3n) is 12.4. The van der Waals surface area contributed by atoms with Crippen LogP contribution in [0.15, 0.2) is 36.5 Å². The number of hydrogen-bond donors (Lipinski definition) is 3. The molecule has 356 valence electrons. The number of aliphatic hydroxyl groups excluding tert-OH is 3. The van der Waals surface area contributed by atoms with Gasteiger partial charge in [-0.25, -0.2) is 0 Å². The molecule has 0 aromatic carbocycles. The van der Waals surface area contributed by atoms with E-state index >= 15 is 0 Å². The lowest BCUT2D eigenvalue weighted by molar-refractivity contribution is -0.135. The molecule has 0 aromatic rings. The Kier molecular flexibility index (Phi) is 46.1. The van der Waals surface area contributed by atoms with E-state index in [2.05, 4.69) is 50.3 Å². The van der Waals surface area contributed by atoms with Crippen molar-refractivity contribution >= 4 is 17.3 Å². The first-order valence-corrected chi connectivity index (χ1v) is 26.4. The Hall–Kier alpha value is -1.89. The summed E-state index contributed by atoms with van der Waals surface area (Å²) in [7, 11) is 0. The average Bonchev–Trinajstić information content (AvgIpc) is 3.26. The van der Waals surface area contributed by atoms with Crippen molar-refractivity contribution in [1.29, 1.82) is 0 Å². The van der Waals surface area contributed by atoms with Gasteiger partial charge in [0, 0.05) is 19.3 Å². The van der Waals surface area contributed by atoms with E-state index in [0.717, 1.165) is 96.3 Å². The first-order valence-electron chi connectivity index (χ1n) is 26.4. The minimum Gasteiger partial charge on any atom is -0.394 e. The number of aliphatic hydroxyl groups is 3. The second-order valence-corrected chi connectivity index (χ2v) is 18.2. The van der Waals surface area contributed by atoms with Gasteiger partial charge in [-0.3, -0.25) is 14.4 Å². The summed E-state index contributed by atoms with van der Waals surface area (Å²) in [6, 6.07) is 0. The van der Waals surface area contributed by atoms with Crippen LogP contribution in [0.1, 0.15) is 271 Å². The lowest BCUT2D eigenvalue weighted by Gasteiger charge is -2.15. The highest BCUT2D eigenvalue weighted by atomic mass is 16.4. The van der Waals surface area contributed by atoms with Crippen LogP contribution in [0.5, 0.6) is 0 Å². The molecule has 0 saturated heterocycles. The standard InChI is InChI=1S/C55H100O6/c1-3-5-7-9-11-13-15-17-19-21-26-30-34-38-42-46-51(57)50(52(58)47-43-39-35-31-27-22-20-18-16-14-12-10-8-6-4-2)45-41-37-33-29-25-23-24-28-32-36-40-44-48-53(59)55(61)54(60)49-56/h17-20,23,25,50,54-56,60-61H,3-16,21-22,24,26-49H2,1-2H3/b19-17-,20-18-,25-23-. The lowest BCUT2D eigenvalue weighted by Crippen LogP contribution is -2.36. The summed E-state index contributed by atoms with van der Waals surface area (Å²) in [4.78, 5) is 38.7. The fourth-order valence-corrected chi connectivity index (χ4v) is 8.17. The number of hydrogen-bond acceptors (Lipinski definition) is 6. The predicted molar refractivity (Wildman–Crippen MR) is 261 cm³/mol. The molecule has 2 unspecified atom stereocenters. The molecule has 3 N–H and O–H groups in total. The molecule has 0 heterocycles. The molecule has 0 rings (SSSR count). The molecule has 0 aromatic heterocycles. The van der Waals surface area contributed by atoms with Gasteiger partial charge in [0.25, 0.3) is 0 Å². The molecule has 0 bridgehead atoms. The Bertz CT molecular complexity index is 1010. The molecule has 0 saturated carbocycles. The average molecular weight is 857 g/mol. The molecule has 0 fully saturated rings. The zero-order chi connectivity index (χ0) is 44.7. The highest BCUT2D eigenvalue weighted by Crippen LogP contribution is 2.21. The Balaban J connectivity index is 4.40. The SMILES string of the molecule is CCCCCCCC/C=C\CCCCCCCC(=O)C(CCCCC/C=C\CCCCCCCC(=O)C(O)C(O)CO)C(=O)CCCCCCC/C=C\CCCCCCCC. The minimum atomic E-state index is -1.49. The number of unbranched alkanes of at least 4 members (excludes halogenated alkanes) is 30. The van der Waals surface area contributed by atoms with Crippen molar-refractivity contribution in [2.45, 2.75) is 283 Å². The van der Waals surface area contributed by atoms with E-state index in [0.29, 0.717) is 25.7 Å². The van der Waals surface area contributed by atoms with Gasteiger partial charge in [-0.2, -0.15) is 0 Å². The Morgan fingerprint density at radius 2 is 0.623 bits per heavy atom. The van der Waals surface area contributed by atoms with Gasteiger partial charge in [-0.15, -0.1) is 0 Å². The van der Waals surface area contributed by atoms with E-state index < -0.39 is 30.5 Å². The monoisotopic (exact) mass is 857 g/mol. The second kappa shape index (κ2) is 47.6. The van der Waals surface area contributed by atoms with Crippen molar-refractivity contribution in [3.63, 3.8) is 0 Å². The molecule has 6 heteroatoms. The van der Waals surface area contributed by atoms with Crippen molar-refractivity contribution in [1.82, 2.24) is 0 Å². The summed E-state index contributed by atoms with van der Waals surface area (Å²) >= 11 is 0. The fourth-order valence-electron chi connectivity index (χ4n) is 8.17. The molecule has 2 atom stereocenters. The van der Waals surface area contributed by atoms with Crippen LogP contribution in [0.25, 0.3) is 0 Å².